The number of hydrogen-bond donors (Lipinski definition) is 2. The highest BCUT2D eigenvalue weighted by atomic mass is 35.5. The second-order valence-corrected chi connectivity index (χ2v) is 4.43. The van der Waals surface area contributed by atoms with Crippen molar-refractivity contribution in [1.82, 2.24) is 9.97 Å². The van der Waals surface area contributed by atoms with Crippen LogP contribution in [0.3, 0.4) is 0 Å². The molecule has 0 aliphatic carbocycles. The van der Waals surface area contributed by atoms with E-state index in [1.807, 2.05) is 31.2 Å². The first kappa shape index (κ1) is 12.8. The lowest BCUT2D eigenvalue weighted by Gasteiger charge is -2.13. The molecule has 0 saturated carbocycles. The van der Waals surface area contributed by atoms with Gasteiger partial charge in [0.2, 0.25) is 0 Å². The third kappa shape index (κ3) is 3.42. The van der Waals surface area contributed by atoms with Gasteiger partial charge in [0.05, 0.1) is 18.5 Å². The topological polar surface area (TPSA) is 58.0 Å². The number of rotatable bonds is 4. The van der Waals surface area contributed by atoms with Crippen molar-refractivity contribution < 1.29 is 5.11 Å². The summed E-state index contributed by atoms with van der Waals surface area (Å²) in [5.74, 6) is 0.550. The Morgan fingerprint density at radius 2 is 2.22 bits per heavy atom. The number of nitrogens with zero attached hydrogens (tertiary/aromatic N) is 2. The summed E-state index contributed by atoms with van der Waals surface area (Å²) >= 11 is 5.72. The minimum Gasteiger partial charge on any atom is -0.387 e. The highest BCUT2D eigenvalue weighted by Crippen LogP contribution is 2.15. The first-order valence-corrected chi connectivity index (χ1v) is 5.99. The van der Waals surface area contributed by atoms with Crippen molar-refractivity contribution in [2.75, 3.05) is 11.9 Å². The summed E-state index contributed by atoms with van der Waals surface area (Å²) in [7, 11) is 0. The van der Waals surface area contributed by atoms with E-state index in [-0.39, 0.29) is 0 Å². The fourth-order valence-corrected chi connectivity index (χ4v) is 1.77. The van der Waals surface area contributed by atoms with Crippen LogP contribution in [0.25, 0.3) is 0 Å². The summed E-state index contributed by atoms with van der Waals surface area (Å²) in [6.45, 7) is 2.35. The van der Waals surface area contributed by atoms with E-state index >= 15 is 0 Å². The molecular weight excluding hydrogens is 250 g/mol. The smallest absolute Gasteiger partial charge is 0.149 e. The van der Waals surface area contributed by atoms with E-state index in [2.05, 4.69) is 15.3 Å². The third-order valence-electron chi connectivity index (χ3n) is 2.51. The molecule has 4 nitrogen and oxygen atoms in total. The van der Waals surface area contributed by atoms with Gasteiger partial charge in [-0.25, -0.2) is 4.98 Å². The molecule has 0 aliphatic rings. The normalized spacial score (nSPS) is 12.2. The van der Waals surface area contributed by atoms with Gasteiger partial charge in [-0.3, -0.25) is 4.98 Å². The Hall–Kier alpha value is -1.65. The molecule has 5 heteroatoms. The van der Waals surface area contributed by atoms with Gasteiger partial charge in [-0.15, -0.1) is 0 Å². The van der Waals surface area contributed by atoms with Crippen LogP contribution in [0, 0.1) is 6.92 Å². The van der Waals surface area contributed by atoms with Crippen LogP contribution >= 0.6 is 11.6 Å². The van der Waals surface area contributed by atoms with E-state index in [0.717, 1.165) is 11.1 Å². The van der Waals surface area contributed by atoms with Gasteiger partial charge in [0.25, 0.3) is 0 Å². The lowest BCUT2D eigenvalue weighted by Crippen LogP contribution is -2.13. The molecule has 1 heterocycles. The number of aromatic nitrogens is 2. The minimum atomic E-state index is -0.592. The average Bonchev–Trinajstić information content (AvgIpc) is 2.36. The Bertz CT molecular complexity index is 533. The molecule has 0 amide bonds. The summed E-state index contributed by atoms with van der Waals surface area (Å²) in [5, 5.41) is 13.4. The minimum absolute atomic E-state index is 0.324. The SMILES string of the molecule is Cc1cccc(C(O)CNc2cncc(Cl)n2)c1. The van der Waals surface area contributed by atoms with Gasteiger partial charge < -0.3 is 10.4 Å². The Labute approximate surface area is 111 Å². The van der Waals surface area contributed by atoms with Crippen LogP contribution in [0.1, 0.15) is 17.2 Å². The van der Waals surface area contributed by atoms with Crippen LogP contribution in [0.4, 0.5) is 5.82 Å². The van der Waals surface area contributed by atoms with Crippen molar-refractivity contribution in [3.63, 3.8) is 0 Å². The summed E-state index contributed by atoms with van der Waals surface area (Å²) in [5.41, 5.74) is 1.99. The predicted octanol–water partition coefficient (Wildman–Crippen LogP) is 2.58. The summed E-state index contributed by atoms with van der Waals surface area (Å²) in [4.78, 5) is 7.95. The zero-order valence-electron chi connectivity index (χ0n) is 9.97. The number of aliphatic hydroxyl groups excluding tert-OH is 1. The lowest BCUT2D eigenvalue weighted by molar-refractivity contribution is 0.191. The number of anilines is 1. The van der Waals surface area contributed by atoms with Crippen molar-refractivity contribution in [3.8, 4) is 0 Å². The van der Waals surface area contributed by atoms with E-state index in [4.69, 9.17) is 11.6 Å². The molecule has 94 valence electrons. The first-order valence-electron chi connectivity index (χ1n) is 5.61. The van der Waals surface area contributed by atoms with E-state index < -0.39 is 6.10 Å². The van der Waals surface area contributed by atoms with Crippen molar-refractivity contribution in [2.24, 2.45) is 0 Å². The van der Waals surface area contributed by atoms with Crippen LogP contribution in [-0.2, 0) is 0 Å². The molecule has 1 aromatic heterocycles. The number of nitrogens with one attached hydrogen (secondary N) is 1. The number of halogens is 1. The summed E-state index contributed by atoms with van der Waals surface area (Å²) < 4.78 is 0. The van der Waals surface area contributed by atoms with Gasteiger partial charge >= 0.3 is 0 Å². The van der Waals surface area contributed by atoms with Gasteiger partial charge in [-0.1, -0.05) is 41.4 Å². The number of hydrogen-bond acceptors (Lipinski definition) is 4. The molecule has 2 N–H and O–H groups in total. The van der Waals surface area contributed by atoms with E-state index in [0.29, 0.717) is 17.5 Å². The van der Waals surface area contributed by atoms with Gasteiger partial charge in [-0.2, -0.15) is 0 Å². The van der Waals surface area contributed by atoms with Crippen molar-refractivity contribution in [1.29, 1.82) is 0 Å². The third-order valence-corrected chi connectivity index (χ3v) is 2.69. The number of benzene rings is 1. The number of aliphatic hydroxyl groups is 1. The molecular formula is C13H14ClN3O. The molecule has 0 saturated heterocycles. The fraction of sp³-hybridized carbons (Fsp3) is 0.231. The van der Waals surface area contributed by atoms with E-state index in [1.54, 1.807) is 6.20 Å². The van der Waals surface area contributed by atoms with Crippen LogP contribution in [-0.4, -0.2) is 21.6 Å². The molecule has 0 bridgehead atoms. The maximum Gasteiger partial charge on any atom is 0.149 e. The van der Waals surface area contributed by atoms with Crippen LogP contribution in [0.5, 0.6) is 0 Å². The molecule has 1 unspecified atom stereocenters. The highest BCUT2D eigenvalue weighted by Gasteiger charge is 2.07. The lowest BCUT2D eigenvalue weighted by atomic mass is 10.1. The largest absolute Gasteiger partial charge is 0.387 e. The van der Waals surface area contributed by atoms with Gasteiger partial charge in [0.1, 0.15) is 11.0 Å². The monoisotopic (exact) mass is 263 g/mol. The standard InChI is InChI=1S/C13H14ClN3O/c1-9-3-2-4-10(5-9)11(18)6-16-13-8-15-7-12(14)17-13/h2-5,7-8,11,18H,6H2,1H3,(H,16,17). The summed E-state index contributed by atoms with van der Waals surface area (Å²) in [6.07, 6.45) is 2.43. The predicted molar refractivity (Wildman–Crippen MR) is 71.7 cm³/mol. The molecule has 18 heavy (non-hydrogen) atoms. The molecule has 2 aromatic rings. The maximum atomic E-state index is 10.0. The Morgan fingerprint density at radius 3 is 2.94 bits per heavy atom. The Morgan fingerprint density at radius 1 is 1.39 bits per heavy atom. The van der Waals surface area contributed by atoms with Crippen LogP contribution in [0.15, 0.2) is 36.7 Å². The van der Waals surface area contributed by atoms with E-state index in [9.17, 15) is 5.11 Å². The summed E-state index contributed by atoms with van der Waals surface area (Å²) in [6, 6.07) is 7.76. The van der Waals surface area contributed by atoms with Gasteiger partial charge in [-0.05, 0) is 12.5 Å². The maximum absolute atomic E-state index is 10.0. The van der Waals surface area contributed by atoms with Gasteiger partial charge in [0, 0.05) is 6.54 Å². The molecule has 0 spiro atoms. The molecule has 0 fully saturated rings. The van der Waals surface area contributed by atoms with Crippen LogP contribution in [0.2, 0.25) is 5.15 Å². The fourth-order valence-electron chi connectivity index (χ4n) is 1.62. The second kappa shape index (κ2) is 5.80. The van der Waals surface area contributed by atoms with Crippen molar-refractivity contribution in [3.05, 3.63) is 52.9 Å². The second-order valence-electron chi connectivity index (χ2n) is 4.04. The highest BCUT2D eigenvalue weighted by molar-refractivity contribution is 6.29. The first-order chi connectivity index (χ1) is 8.65. The average molecular weight is 264 g/mol. The zero-order valence-corrected chi connectivity index (χ0v) is 10.7. The quantitative estimate of drug-likeness (QED) is 0.890. The van der Waals surface area contributed by atoms with E-state index in [1.165, 1.54) is 6.20 Å². The number of aryl methyl sites for hydroxylation is 1. The Kier molecular flexibility index (Phi) is 4.12. The van der Waals surface area contributed by atoms with Crippen molar-refractivity contribution in [2.45, 2.75) is 13.0 Å². The van der Waals surface area contributed by atoms with Gasteiger partial charge in [0.15, 0.2) is 0 Å². The molecule has 1 atom stereocenters. The molecule has 0 radical (unpaired) electrons. The molecule has 0 aliphatic heterocycles. The zero-order chi connectivity index (χ0) is 13.0. The van der Waals surface area contributed by atoms with Crippen LogP contribution < -0.4 is 5.32 Å². The van der Waals surface area contributed by atoms with Crippen molar-refractivity contribution >= 4 is 17.4 Å². The Balaban J connectivity index is 1.98. The molecule has 2 rings (SSSR count). The molecule has 1 aromatic carbocycles.